The maximum absolute atomic E-state index is 12.3. The van der Waals surface area contributed by atoms with E-state index in [1.165, 1.54) is 6.07 Å². The number of ether oxygens (including phenoxy) is 1. The molecule has 0 aliphatic heterocycles. The molecular weight excluding hydrogens is 147 g/mol. The molecule has 1 aromatic rings. The minimum absolute atomic E-state index is 0.340. The Kier molecular flexibility index (Phi) is 2.80. The van der Waals surface area contributed by atoms with Crippen LogP contribution in [-0.2, 0) is 4.74 Å². The Balaban J connectivity index is 2.52. The van der Waals surface area contributed by atoms with Crippen LogP contribution in [0.5, 0.6) is 0 Å². The Bertz CT molecular complexity index is 212. The highest BCUT2D eigenvalue weighted by molar-refractivity contribution is 5.32. The third-order valence-electron chi connectivity index (χ3n) is 1.13. The van der Waals surface area contributed by atoms with Crippen molar-refractivity contribution in [3.8, 4) is 0 Å². The SMILES string of the molecule is COCNc1ccc(F)cn1. The van der Waals surface area contributed by atoms with E-state index in [1.54, 1.807) is 13.2 Å². The van der Waals surface area contributed by atoms with E-state index in [0.29, 0.717) is 12.5 Å². The van der Waals surface area contributed by atoms with Crippen molar-refractivity contribution in [2.24, 2.45) is 0 Å². The van der Waals surface area contributed by atoms with Gasteiger partial charge in [0.1, 0.15) is 18.4 Å². The van der Waals surface area contributed by atoms with Crippen molar-refractivity contribution in [3.05, 3.63) is 24.1 Å². The predicted octanol–water partition coefficient (Wildman–Crippen LogP) is 1.24. The second kappa shape index (κ2) is 3.88. The highest BCUT2D eigenvalue weighted by Gasteiger charge is 1.91. The minimum atomic E-state index is -0.340. The molecule has 0 radical (unpaired) electrons. The molecule has 60 valence electrons. The van der Waals surface area contributed by atoms with E-state index >= 15 is 0 Å². The summed E-state index contributed by atoms with van der Waals surface area (Å²) in [6.45, 7) is 0.374. The second-order valence-corrected chi connectivity index (χ2v) is 1.97. The van der Waals surface area contributed by atoms with Crippen LogP contribution in [0.15, 0.2) is 18.3 Å². The molecule has 0 fully saturated rings. The van der Waals surface area contributed by atoms with Crippen molar-refractivity contribution in [2.75, 3.05) is 19.2 Å². The molecule has 4 heteroatoms. The van der Waals surface area contributed by atoms with Crippen molar-refractivity contribution < 1.29 is 9.13 Å². The zero-order chi connectivity index (χ0) is 8.10. The molecule has 1 N–H and O–H groups in total. The number of halogens is 1. The fraction of sp³-hybridized carbons (Fsp3) is 0.286. The third-order valence-corrected chi connectivity index (χ3v) is 1.13. The number of nitrogens with zero attached hydrogens (tertiary/aromatic N) is 1. The van der Waals surface area contributed by atoms with Crippen LogP contribution in [0.25, 0.3) is 0 Å². The van der Waals surface area contributed by atoms with Crippen LogP contribution in [0.3, 0.4) is 0 Å². The highest BCUT2D eigenvalue weighted by Crippen LogP contribution is 2.02. The van der Waals surface area contributed by atoms with Gasteiger partial charge >= 0.3 is 0 Å². The number of methoxy groups -OCH3 is 1. The Morgan fingerprint density at radius 3 is 3.00 bits per heavy atom. The molecule has 0 aliphatic carbocycles. The van der Waals surface area contributed by atoms with Crippen molar-refractivity contribution in [1.82, 2.24) is 4.98 Å². The number of hydrogen-bond donors (Lipinski definition) is 1. The van der Waals surface area contributed by atoms with E-state index < -0.39 is 0 Å². The summed E-state index contributed by atoms with van der Waals surface area (Å²) in [5.74, 6) is 0.265. The molecule has 0 atom stereocenters. The maximum atomic E-state index is 12.3. The molecular formula is C7H9FN2O. The largest absolute Gasteiger partial charge is 0.365 e. The van der Waals surface area contributed by atoms with E-state index in [0.717, 1.165) is 6.20 Å². The van der Waals surface area contributed by atoms with Crippen LogP contribution in [0, 0.1) is 5.82 Å². The van der Waals surface area contributed by atoms with Gasteiger partial charge < -0.3 is 10.1 Å². The van der Waals surface area contributed by atoms with E-state index in [1.807, 2.05) is 0 Å². The van der Waals surface area contributed by atoms with Gasteiger partial charge in [0.25, 0.3) is 0 Å². The molecule has 0 amide bonds. The number of aromatic nitrogens is 1. The van der Waals surface area contributed by atoms with Crippen LogP contribution in [0.2, 0.25) is 0 Å². The molecule has 1 heterocycles. The zero-order valence-corrected chi connectivity index (χ0v) is 6.17. The molecule has 0 bridgehead atoms. The fourth-order valence-electron chi connectivity index (χ4n) is 0.626. The summed E-state index contributed by atoms with van der Waals surface area (Å²) in [5, 5.41) is 2.82. The average molecular weight is 156 g/mol. The lowest BCUT2D eigenvalue weighted by molar-refractivity contribution is 0.221. The van der Waals surface area contributed by atoms with Crippen LogP contribution in [0.4, 0.5) is 10.2 Å². The van der Waals surface area contributed by atoms with Gasteiger partial charge in [0.15, 0.2) is 0 Å². The van der Waals surface area contributed by atoms with E-state index in [4.69, 9.17) is 4.74 Å². The minimum Gasteiger partial charge on any atom is -0.365 e. The number of hydrogen-bond acceptors (Lipinski definition) is 3. The first-order chi connectivity index (χ1) is 5.33. The molecule has 1 aromatic heterocycles. The molecule has 3 nitrogen and oxygen atoms in total. The first-order valence-corrected chi connectivity index (χ1v) is 3.17. The summed E-state index contributed by atoms with van der Waals surface area (Å²) < 4.78 is 17.0. The zero-order valence-electron chi connectivity index (χ0n) is 6.17. The topological polar surface area (TPSA) is 34.1 Å². The van der Waals surface area contributed by atoms with Crippen molar-refractivity contribution in [1.29, 1.82) is 0 Å². The maximum Gasteiger partial charge on any atom is 0.141 e. The molecule has 0 saturated heterocycles. The van der Waals surface area contributed by atoms with Gasteiger partial charge in [-0.25, -0.2) is 9.37 Å². The Hall–Kier alpha value is -1.16. The second-order valence-electron chi connectivity index (χ2n) is 1.97. The number of nitrogens with one attached hydrogen (secondary N) is 1. The summed E-state index contributed by atoms with van der Waals surface area (Å²) >= 11 is 0. The van der Waals surface area contributed by atoms with E-state index in [2.05, 4.69) is 10.3 Å². The van der Waals surface area contributed by atoms with Gasteiger partial charge in [-0.05, 0) is 12.1 Å². The predicted molar refractivity (Wildman–Crippen MR) is 39.7 cm³/mol. The Morgan fingerprint density at radius 2 is 2.45 bits per heavy atom. The molecule has 0 saturated carbocycles. The van der Waals surface area contributed by atoms with E-state index in [-0.39, 0.29) is 5.82 Å². The molecule has 0 aliphatic rings. The Labute approximate surface area is 64.2 Å². The van der Waals surface area contributed by atoms with Crippen molar-refractivity contribution >= 4 is 5.82 Å². The summed E-state index contributed by atoms with van der Waals surface area (Å²) in [6, 6.07) is 2.89. The highest BCUT2D eigenvalue weighted by atomic mass is 19.1. The number of rotatable bonds is 3. The fourth-order valence-corrected chi connectivity index (χ4v) is 0.626. The quantitative estimate of drug-likeness (QED) is 0.668. The summed E-state index contributed by atoms with van der Waals surface area (Å²) in [6.07, 6.45) is 1.15. The molecule has 0 unspecified atom stereocenters. The first kappa shape index (κ1) is 7.94. The van der Waals surface area contributed by atoms with Gasteiger partial charge in [-0.15, -0.1) is 0 Å². The number of anilines is 1. The van der Waals surface area contributed by atoms with Gasteiger partial charge in [-0.3, -0.25) is 0 Å². The van der Waals surface area contributed by atoms with Crippen LogP contribution in [-0.4, -0.2) is 18.8 Å². The molecule has 0 spiro atoms. The number of pyridine rings is 1. The van der Waals surface area contributed by atoms with Gasteiger partial charge in [0, 0.05) is 7.11 Å². The molecule has 11 heavy (non-hydrogen) atoms. The lowest BCUT2D eigenvalue weighted by Gasteiger charge is -2.01. The molecule has 0 aromatic carbocycles. The monoisotopic (exact) mass is 156 g/mol. The lowest BCUT2D eigenvalue weighted by atomic mass is 10.4. The van der Waals surface area contributed by atoms with Crippen LogP contribution >= 0.6 is 0 Å². The summed E-state index contributed by atoms with van der Waals surface area (Å²) in [4.78, 5) is 3.75. The normalized spacial score (nSPS) is 9.64. The van der Waals surface area contributed by atoms with Gasteiger partial charge in [-0.1, -0.05) is 0 Å². The van der Waals surface area contributed by atoms with Crippen LogP contribution in [0.1, 0.15) is 0 Å². The third kappa shape index (κ3) is 2.51. The average Bonchev–Trinajstić information content (AvgIpc) is 2.04. The standard InChI is InChI=1S/C7H9FN2O/c1-11-5-10-7-3-2-6(8)4-9-7/h2-4H,5H2,1H3,(H,9,10). The van der Waals surface area contributed by atoms with Crippen molar-refractivity contribution in [2.45, 2.75) is 0 Å². The summed E-state index contributed by atoms with van der Waals surface area (Å²) in [5.41, 5.74) is 0. The Morgan fingerprint density at radius 1 is 1.64 bits per heavy atom. The van der Waals surface area contributed by atoms with Gasteiger partial charge in [0.05, 0.1) is 6.20 Å². The van der Waals surface area contributed by atoms with E-state index in [9.17, 15) is 4.39 Å². The summed E-state index contributed by atoms with van der Waals surface area (Å²) in [7, 11) is 1.57. The van der Waals surface area contributed by atoms with Gasteiger partial charge in [-0.2, -0.15) is 0 Å². The first-order valence-electron chi connectivity index (χ1n) is 3.17. The van der Waals surface area contributed by atoms with Crippen molar-refractivity contribution in [3.63, 3.8) is 0 Å². The van der Waals surface area contributed by atoms with Gasteiger partial charge in [0.2, 0.25) is 0 Å². The lowest BCUT2D eigenvalue weighted by Crippen LogP contribution is -2.04. The smallest absolute Gasteiger partial charge is 0.141 e. The van der Waals surface area contributed by atoms with Crippen LogP contribution < -0.4 is 5.32 Å². The molecule has 1 rings (SSSR count).